The van der Waals surface area contributed by atoms with Crippen LogP contribution in [0.3, 0.4) is 0 Å². The van der Waals surface area contributed by atoms with E-state index < -0.39 is 16.2 Å². The molecule has 0 bridgehead atoms. The Hall–Kier alpha value is -2.58. The fourth-order valence-corrected chi connectivity index (χ4v) is 3.84. The van der Waals surface area contributed by atoms with Crippen molar-refractivity contribution in [2.75, 3.05) is 18.5 Å². The Labute approximate surface area is 151 Å². The smallest absolute Gasteiger partial charge is 0.297 e. The number of ether oxygens (including phenoxy) is 2. The van der Waals surface area contributed by atoms with Gasteiger partial charge >= 0.3 is 0 Å². The normalized spacial score (nSPS) is 18.3. The van der Waals surface area contributed by atoms with E-state index in [0.29, 0.717) is 17.2 Å². The molecule has 8 heteroatoms. The first-order chi connectivity index (χ1) is 12.4. The van der Waals surface area contributed by atoms with Crippen LogP contribution in [0.15, 0.2) is 41.3 Å². The fraction of sp³-hybridized carbons (Fsp3) is 0.278. The molecule has 0 radical (unpaired) electrons. The number of aryl methyl sites for hydroxylation is 1. The van der Waals surface area contributed by atoms with Gasteiger partial charge in [0.15, 0.2) is 17.6 Å². The van der Waals surface area contributed by atoms with Crippen molar-refractivity contribution in [3.8, 4) is 11.5 Å². The topological polar surface area (TPSA) is 90.9 Å². The van der Waals surface area contributed by atoms with Gasteiger partial charge in [0.1, 0.15) is 13.2 Å². The summed E-state index contributed by atoms with van der Waals surface area (Å²) in [6.45, 7) is 1.86. The van der Waals surface area contributed by atoms with Crippen molar-refractivity contribution in [2.45, 2.75) is 24.3 Å². The Balaban J connectivity index is 1.47. The van der Waals surface area contributed by atoms with Crippen molar-refractivity contribution >= 4 is 21.7 Å². The second-order valence-electron chi connectivity index (χ2n) is 6.25. The predicted molar refractivity (Wildman–Crippen MR) is 93.0 cm³/mol. The van der Waals surface area contributed by atoms with E-state index in [-0.39, 0.29) is 30.4 Å². The number of nitrogens with one attached hydrogen (secondary N) is 1. The second kappa shape index (κ2) is 6.30. The third-order valence-corrected chi connectivity index (χ3v) is 5.56. The van der Waals surface area contributed by atoms with Gasteiger partial charge in [-0.05, 0) is 31.2 Å². The number of hydrogen-bond acceptors (Lipinski definition) is 6. The van der Waals surface area contributed by atoms with Crippen LogP contribution in [0.25, 0.3) is 0 Å². The second-order valence-corrected chi connectivity index (χ2v) is 7.86. The summed E-state index contributed by atoms with van der Waals surface area (Å²) in [5.41, 5.74) is 2.37. The maximum atomic E-state index is 12.3. The summed E-state index contributed by atoms with van der Waals surface area (Å²) in [5, 5.41) is 2.74. The van der Waals surface area contributed by atoms with E-state index in [2.05, 4.69) is 5.32 Å². The summed E-state index contributed by atoms with van der Waals surface area (Å²) in [6.07, 6.45) is -0.387. The largest absolute Gasteiger partial charge is 0.486 e. The molecule has 1 atom stereocenters. The van der Waals surface area contributed by atoms with Crippen molar-refractivity contribution in [1.82, 2.24) is 0 Å². The highest BCUT2D eigenvalue weighted by Crippen LogP contribution is 2.42. The number of benzene rings is 2. The minimum atomic E-state index is -3.88. The van der Waals surface area contributed by atoms with Crippen LogP contribution in [0, 0.1) is 6.92 Å². The first kappa shape index (κ1) is 16.9. The molecule has 7 nitrogen and oxygen atoms in total. The monoisotopic (exact) mass is 375 g/mol. The van der Waals surface area contributed by atoms with Crippen LogP contribution in [-0.4, -0.2) is 33.6 Å². The van der Waals surface area contributed by atoms with E-state index in [1.807, 2.05) is 6.92 Å². The van der Waals surface area contributed by atoms with Crippen LogP contribution in [0.2, 0.25) is 0 Å². The maximum absolute atomic E-state index is 12.3. The molecule has 1 amide bonds. The number of carbonyl (C=O) groups is 1. The van der Waals surface area contributed by atoms with Gasteiger partial charge < -0.3 is 14.8 Å². The van der Waals surface area contributed by atoms with Gasteiger partial charge in [0, 0.05) is 11.3 Å². The zero-order chi connectivity index (χ0) is 18.3. The van der Waals surface area contributed by atoms with Crippen molar-refractivity contribution in [1.29, 1.82) is 0 Å². The number of rotatable bonds is 4. The molecule has 2 aromatic carbocycles. The Morgan fingerprint density at radius 1 is 1.19 bits per heavy atom. The lowest BCUT2D eigenvalue weighted by atomic mass is 10.1. The van der Waals surface area contributed by atoms with Crippen LogP contribution >= 0.6 is 0 Å². The van der Waals surface area contributed by atoms with E-state index in [1.54, 1.807) is 24.3 Å². The Kier molecular flexibility index (Phi) is 4.08. The molecule has 0 unspecified atom stereocenters. The summed E-state index contributed by atoms with van der Waals surface area (Å²) >= 11 is 0. The number of fused-ring (bicyclic) bond motifs is 3. The SMILES string of the molecule is Cc1ccc(S(=O)(=O)OC[C@H]2COc3ccc4c(c3O2)CC(=O)N4)cc1. The Morgan fingerprint density at radius 2 is 1.96 bits per heavy atom. The number of anilines is 1. The van der Waals surface area contributed by atoms with Gasteiger partial charge in [-0.1, -0.05) is 17.7 Å². The van der Waals surface area contributed by atoms with Crippen LogP contribution in [-0.2, 0) is 25.5 Å². The van der Waals surface area contributed by atoms with Gasteiger partial charge in [-0.25, -0.2) is 0 Å². The molecular formula is C18H17NO6S. The zero-order valence-corrected chi connectivity index (χ0v) is 14.8. The molecule has 0 saturated heterocycles. The molecule has 2 aliphatic rings. The number of carbonyl (C=O) groups excluding carboxylic acids is 1. The van der Waals surface area contributed by atoms with E-state index >= 15 is 0 Å². The van der Waals surface area contributed by atoms with E-state index in [1.165, 1.54) is 12.1 Å². The Morgan fingerprint density at radius 3 is 2.73 bits per heavy atom. The fourth-order valence-electron chi connectivity index (χ4n) is 2.90. The minimum absolute atomic E-state index is 0.0934. The highest BCUT2D eigenvalue weighted by atomic mass is 32.2. The van der Waals surface area contributed by atoms with Gasteiger partial charge in [-0.15, -0.1) is 0 Å². The molecule has 0 aliphatic carbocycles. The molecule has 26 heavy (non-hydrogen) atoms. The number of amides is 1. The first-order valence-electron chi connectivity index (χ1n) is 8.14. The average molecular weight is 375 g/mol. The average Bonchev–Trinajstić information content (AvgIpc) is 3.01. The molecule has 0 spiro atoms. The third-order valence-electron chi connectivity index (χ3n) is 4.26. The lowest BCUT2D eigenvalue weighted by Gasteiger charge is -2.27. The van der Waals surface area contributed by atoms with Crippen molar-refractivity contribution in [3.05, 3.63) is 47.5 Å². The van der Waals surface area contributed by atoms with Gasteiger partial charge in [-0.2, -0.15) is 8.42 Å². The molecule has 136 valence electrons. The molecule has 4 rings (SSSR count). The Bertz CT molecular complexity index is 968. The standard InChI is InChI=1S/C18H17NO6S/c1-11-2-4-13(5-3-11)26(21,22)24-10-12-9-23-16-7-6-15-14(18(16)25-12)8-17(20)19-15/h2-7,12H,8-10H2,1H3,(H,19,20)/t12-/m1/s1. The van der Waals surface area contributed by atoms with E-state index in [0.717, 1.165) is 11.1 Å². The molecule has 2 heterocycles. The lowest BCUT2D eigenvalue weighted by molar-refractivity contribution is -0.115. The summed E-state index contributed by atoms with van der Waals surface area (Å²) in [6, 6.07) is 9.91. The van der Waals surface area contributed by atoms with Crippen LogP contribution in [0.4, 0.5) is 5.69 Å². The predicted octanol–water partition coefficient (Wildman–Crippen LogP) is 2.03. The third kappa shape index (κ3) is 3.13. The van der Waals surface area contributed by atoms with Crippen LogP contribution in [0.1, 0.15) is 11.1 Å². The highest BCUT2D eigenvalue weighted by Gasteiger charge is 2.31. The molecule has 1 N–H and O–H groups in total. The molecule has 2 aromatic rings. The lowest BCUT2D eigenvalue weighted by Crippen LogP contribution is -2.34. The van der Waals surface area contributed by atoms with Crippen molar-refractivity contribution in [3.63, 3.8) is 0 Å². The maximum Gasteiger partial charge on any atom is 0.297 e. The zero-order valence-electron chi connectivity index (χ0n) is 14.0. The van der Waals surface area contributed by atoms with Gasteiger partial charge in [0.05, 0.1) is 11.3 Å². The summed E-state index contributed by atoms with van der Waals surface area (Å²) < 4.78 is 41.2. The number of hydrogen-bond donors (Lipinski definition) is 1. The molecular weight excluding hydrogens is 358 g/mol. The van der Waals surface area contributed by atoms with Crippen LogP contribution in [0.5, 0.6) is 11.5 Å². The minimum Gasteiger partial charge on any atom is -0.486 e. The first-order valence-corrected chi connectivity index (χ1v) is 9.54. The van der Waals surface area contributed by atoms with Gasteiger partial charge in [-0.3, -0.25) is 8.98 Å². The highest BCUT2D eigenvalue weighted by molar-refractivity contribution is 7.86. The van der Waals surface area contributed by atoms with Gasteiger partial charge in [0.2, 0.25) is 5.91 Å². The van der Waals surface area contributed by atoms with Gasteiger partial charge in [0.25, 0.3) is 10.1 Å². The van der Waals surface area contributed by atoms with Crippen molar-refractivity contribution < 1.29 is 26.9 Å². The molecule has 0 saturated carbocycles. The quantitative estimate of drug-likeness (QED) is 0.823. The molecule has 0 aromatic heterocycles. The van der Waals surface area contributed by atoms with Crippen molar-refractivity contribution in [2.24, 2.45) is 0 Å². The molecule has 2 aliphatic heterocycles. The van der Waals surface area contributed by atoms with E-state index in [9.17, 15) is 13.2 Å². The molecule has 0 fully saturated rings. The summed E-state index contributed by atoms with van der Waals surface area (Å²) in [4.78, 5) is 11.7. The van der Waals surface area contributed by atoms with Crippen LogP contribution < -0.4 is 14.8 Å². The summed E-state index contributed by atoms with van der Waals surface area (Å²) in [7, 11) is -3.88. The summed E-state index contributed by atoms with van der Waals surface area (Å²) in [5.74, 6) is 0.892. The van der Waals surface area contributed by atoms with E-state index in [4.69, 9.17) is 13.7 Å².